The number of hydrogen-bond acceptors (Lipinski definition) is 2. The summed E-state index contributed by atoms with van der Waals surface area (Å²) in [6, 6.07) is 14.5. The summed E-state index contributed by atoms with van der Waals surface area (Å²) < 4.78 is 13.6. The monoisotopic (exact) mass is 254 g/mol. The number of nitriles is 1. The Balaban J connectivity index is 1.97. The van der Waals surface area contributed by atoms with Crippen LogP contribution in [0.5, 0.6) is 0 Å². The molecule has 0 saturated carbocycles. The summed E-state index contributed by atoms with van der Waals surface area (Å²) in [6.45, 7) is 2.73. The van der Waals surface area contributed by atoms with E-state index in [1.54, 1.807) is 12.1 Å². The zero-order valence-electron chi connectivity index (χ0n) is 10.8. The highest BCUT2D eigenvalue weighted by Crippen LogP contribution is 2.15. The minimum Gasteiger partial charge on any atom is -0.382 e. The Kier molecular flexibility index (Phi) is 4.15. The van der Waals surface area contributed by atoms with Gasteiger partial charge in [0.15, 0.2) is 0 Å². The van der Waals surface area contributed by atoms with Gasteiger partial charge in [0.1, 0.15) is 5.82 Å². The lowest BCUT2D eigenvalue weighted by Crippen LogP contribution is -2.07. The number of nitrogens with one attached hydrogen (secondary N) is 1. The molecule has 0 bridgehead atoms. The summed E-state index contributed by atoms with van der Waals surface area (Å²) in [5.74, 6) is -0.385. The largest absolute Gasteiger partial charge is 0.382 e. The Hall–Kier alpha value is -2.34. The molecule has 0 amide bonds. The molecule has 0 spiro atoms. The number of anilines is 1. The highest BCUT2D eigenvalue weighted by molar-refractivity contribution is 5.48. The SMILES string of the molecule is Cc1ccccc1CCNc1ccc(C#N)cc1F. The zero-order valence-corrected chi connectivity index (χ0v) is 10.8. The predicted molar refractivity (Wildman–Crippen MR) is 74.5 cm³/mol. The lowest BCUT2D eigenvalue weighted by Gasteiger charge is -2.09. The van der Waals surface area contributed by atoms with Crippen molar-refractivity contribution >= 4 is 5.69 Å². The van der Waals surface area contributed by atoms with Crippen LogP contribution in [0.15, 0.2) is 42.5 Å². The van der Waals surface area contributed by atoms with Crippen molar-refractivity contribution in [3.05, 3.63) is 65.0 Å². The first-order valence-corrected chi connectivity index (χ1v) is 6.19. The minimum absolute atomic E-state index is 0.335. The Morgan fingerprint density at radius 1 is 1.21 bits per heavy atom. The van der Waals surface area contributed by atoms with Crippen LogP contribution in [0.3, 0.4) is 0 Å². The van der Waals surface area contributed by atoms with Gasteiger partial charge in [-0.3, -0.25) is 0 Å². The molecular weight excluding hydrogens is 239 g/mol. The lowest BCUT2D eigenvalue weighted by atomic mass is 10.1. The lowest BCUT2D eigenvalue weighted by molar-refractivity contribution is 0.629. The molecule has 96 valence electrons. The first-order chi connectivity index (χ1) is 9.20. The third-order valence-electron chi connectivity index (χ3n) is 3.07. The van der Waals surface area contributed by atoms with Crippen LogP contribution < -0.4 is 5.32 Å². The first-order valence-electron chi connectivity index (χ1n) is 6.19. The highest BCUT2D eigenvalue weighted by Gasteiger charge is 2.03. The van der Waals surface area contributed by atoms with Gasteiger partial charge in [-0.15, -0.1) is 0 Å². The van der Waals surface area contributed by atoms with Crippen LogP contribution in [0.1, 0.15) is 16.7 Å². The van der Waals surface area contributed by atoms with Gasteiger partial charge in [-0.25, -0.2) is 4.39 Å². The molecule has 2 rings (SSSR count). The van der Waals surface area contributed by atoms with Crippen molar-refractivity contribution in [2.24, 2.45) is 0 Å². The maximum absolute atomic E-state index is 13.6. The Bertz CT molecular complexity index is 614. The molecule has 0 saturated heterocycles. The second-order valence-electron chi connectivity index (χ2n) is 4.41. The van der Waals surface area contributed by atoms with Gasteiger partial charge in [0, 0.05) is 6.54 Å². The summed E-state index contributed by atoms with van der Waals surface area (Å²) in [6.07, 6.45) is 0.839. The molecule has 0 aromatic heterocycles. The predicted octanol–water partition coefficient (Wildman–Crippen LogP) is 3.66. The van der Waals surface area contributed by atoms with Gasteiger partial charge < -0.3 is 5.32 Å². The van der Waals surface area contributed by atoms with Crippen LogP contribution in [0, 0.1) is 24.1 Å². The summed E-state index contributed by atoms with van der Waals surface area (Å²) in [5, 5.41) is 11.7. The van der Waals surface area contributed by atoms with Crippen molar-refractivity contribution < 1.29 is 4.39 Å². The fourth-order valence-corrected chi connectivity index (χ4v) is 1.95. The number of aryl methyl sites for hydroxylation is 1. The fourth-order valence-electron chi connectivity index (χ4n) is 1.95. The average Bonchev–Trinajstić information content (AvgIpc) is 2.42. The maximum atomic E-state index is 13.6. The van der Waals surface area contributed by atoms with E-state index < -0.39 is 0 Å². The summed E-state index contributed by atoms with van der Waals surface area (Å²) in [4.78, 5) is 0. The topological polar surface area (TPSA) is 35.8 Å². The van der Waals surface area contributed by atoms with Crippen molar-refractivity contribution in [1.29, 1.82) is 5.26 Å². The van der Waals surface area contributed by atoms with E-state index in [4.69, 9.17) is 5.26 Å². The summed E-state index contributed by atoms with van der Waals surface area (Å²) in [7, 11) is 0. The van der Waals surface area contributed by atoms with Crippen LogP contribution in [0.25, 0.3) is 0 Å². The summed E-state index contributed by atoms with van der Waals surface area (Å²) in [5.41, 5.74) is 3.27. The molecule has 0 atom stereocenters. The standard InChI is InChI=1S/C16H15FN2/c1-12-4-2-3-5-14(12)8-9-19-16-7-6-13(11-18)10-15(16)17/h2-7,10,19H,8-9H2,1H3. The average molecular weight is 254 g/mol. The second-order valence-corrected chi connectivity index (χ2v) is 4.41. The van der Waals surface area contributed by atoms with Crippen LogP contribution in [-0.4, -0.2) is 6.54 Å². The van der Waals surface area contributed by atoms with E-state index in [0.717, 1.165) is 6.42 Å². The van der Waals surface area contributed by atoms with Crippen molar-refractivity contribution in [2.45, 2.75) is 13.3 Å². The number of hydrogen-bond donors (Lipinski definition) is 1. The maximum Gasteiger partial charge on any atom is 0.147 e. The van der Waals surface area contributed by atoms with Gasteiger partial charge in [-0.2, -0.15) is 5.26 Å². The third-order valence-corrected chi connectivity index (χ3v) is 3.07. The molecule has 2 aromatic rings. The number of rotatable bonds is 4. The van der Waals surface area contributed by atoms with Crippen LogP contribution in [0.4, 0.5) is 10.1 Å². The molecule has 2 aromatic carbocycles. The number of halogens is 1. The van der Waals surface area contributed by atoms with Gasteiger partial charge in [-0.05, 0) is 42.7 Å². The first kappa shape index (κ1) is 13.1. The van der Waals surface area contributed by atoms with Crippen molar-refractivity contribution in [3.8, 4) is 6.07 Å². The van der Waals surface area contributed by atoms with Gasteiger partial charge in [0.25, 0.3) is 0 Å². The Morgan fingerprint density at radius 2 is 2.00 bits per heavy atom. The van der Waals surface area contributed by atoms with Crippen molar-refractivity contribution in [1.82, 2.24) is 0 Å². The van der Waals surface area contributed by atoms with Gasteiger partial charge in [-0.1, -0.05) is 24.3 Å². The normalized spacial score (nSPS) is 9.95. The number of benzene rings is 2. The van der Waals surface area contributed by atoms with Gasteiger partial charge in [0.2, 0.25) is 0 Å². The fraction of sp³-hybridized carbons (Fsp3) is 0.188. The van der Waals surface area contributed by atoms with E-state index in [1.165, 1.54) is 17.2 Å². The molecule has 0 aliphatic heterocycles. The van der Waals surface area contributed by atoms with Crippen LogP contribution >= 0.6 is 0 Å². The van der Waals surface area contributed by atoms with E-state index >= 15 is 0 Å². The van der Waals surface area contributed by atoms with E-state index in [1.807, 2.05) is 18.2 Å². The summed E-state index contributed by atoms with van der Waals surface area (Å²) >= 11 is 0. The van der Waals surface area contributed by atoms with Crippen molar-refractivity contribution in [2.75, 3.05) is 11.9 Å². The smallest absolute Gasteiger partial charge is 0.147 e. The second kappa shape index (κ2) is 6.01. The molecule has 2 nitrogen and oxygen atoms in total. The van der Waals surface area contributed by atoms with Gasteiger partial charge >= 0.3 is 0 Å². The molecule has 0 heterocycles. The molecular formula is C16H15FN2. The third kappa shape index (κ3) is 3.32. The Labute approximate surface area is 112 Å². The van der Waals surface area contributed by atoms with E-state index in [2.05, 4.69) is 24.4 Å². The molecule has 0 unspecified atom stereocenters. The van der Waals surface area contributed by atoms with Crippen molar-refractivity contribution in [3.63, 3.8) is 0 Å². The van der Waals surface area contributed by atoms with E-state index in [9.17, 15) is 4.39 Å². The van der Waals surface area contributed by atoms with Crippen LogP contribution in [0.2, 0.25) is 0 Å². The number of nitrogens with zero attached hydrogens (tertiary/aromatic N) is 1. The highest BCUT2D eigenvalue weighted by atomic mass is 19.1. The molecule has 3 heteroatoms. The molecule has 19 heavy (non-hydrogen) atoms. The quantitative estimate of drug-likeness (QED) is 0.903. The molecule has 1 N–H and O–H groups in total. The molecule has 0 fully saturated rings. The van der Waals surface area contributed by atoms with E-state index in [0.29, 0.717) is 17.8 Å². The van der Waals surface area contributed by atoms with Gasteiger partial charge in [0.05, 0.1) is 17.3 Å². The van der Waals surface area contributed by atoms with Crippen LogP contribution in [-0.2, 0) is 6.42 Å². The zero-order chi connectivity index (χ0) is 13.7. The minimum atomic E-state index is -0.385. The Morgan fingerprint density at radius 3 is 2.68 bits per heavy atom. The molecule has 0 aliphatic carbocycles. The molecule has 0 aliphatic rings. The molecule has 0 radical (unpaired) electrons. The van der Waals surface area contributed by atoms with E-state index in [-0.39, 0.29) is 5.82 Å².